The standard InChI is InChI=1S/C16H21FN4/c1-3-6-14-15(18-4-2)20-11-21-16(14)19-10-12-7-5-8-13(17)9-12/h5,7-9,11H,3-4,6,10H2,1-2H3,(H2,18,19,20,21). The molecule has 112 valence electrons. The van der Waals surface area contributed by atoms with E-state index in [0.29, 0.717) is 6.54 Å². The highest BCUT2D eigenvalue weighted by Gasteiger charge is 2.10. The Morgan fingerprint density at radius 2 is 1.86 bits per heavy atom. The smallest absolute Gasteiger partial charge is 0.134 e. The zero-order valence-electron chi connectivity index (χ0n) is 12.5. The highest BCUT2D eigenvalue weighted by Crippen LogP contribution is 2.22. The molecule has 0 unspecified atom stereocenters. The van der Waals surface area contributed by atoms with Crippen molar-refractivity contribution in [2.75, 3.05) is 17.2 Å². The summed E-state index contributed by atoms with van der Waals surface area (Å²) >= 11 is 0. The van der Waals surface area contributed by atoms with E-state index in [9.17, 15) is 4.39 Å². The number of nitrogens with one attached hydrogen (secondary N) is 2. The van der Waals surface area contributed by atoms with Gasteiger partial charge in [0.2, 0.25) is 0 Å². The quantitative estimate of drug-likeness (QED) is 0.817. The molecule has 1 aromatic heterocycles. The molecule has 0 radical (unpaired) electrons. The van der Waals surface area contributed by atoms with Crippen LogP contribution in [0.1, 0.15) is 31.4 Å². The maximum atomic E-state index is 13.2. The molecule has 0 saturated heterocycles. The van der Waals surface area contributed by atoms with Crippen molar-refractivity contribution in [3.8, 4) is 0 Å². The van der Waals surface area contributed by atoms with Crippen LogP contribution in [0.5, 0.6) is 0 Å². The molecule has 2 N–H and O–H groups in total. The first-order valence-electron chi connectivity index (χ1n) is 7.30. The third-order valence-electron chi connectivity index (χ3n) is 3.14. The van der Waals surface area contributed by atoms with Crippen LogP contribution in [0.4, 0.5) is 16.0 Å². The van der Waals surface area contributed by atoms with E-state index in [2.05, 4.69) is 27.5 Å². The maximum absolute atomic E-state index is 13.2. The van der Waals surface area contributed by atoms with Gasteiger partial charge in [0.05, 0.1) is 0 Å². The van der Waals surface area contributed by atoms with Gasteiger partial charge in [-0.2, -0.15) is 0 Å². The molecule has 0 aliphatic carbocycles. The normalized spacial score (nSPS) is 10.4. The molecular weight excluding hydrogens is 267 g/mol. The molecule has 0 fully saturated rings. The van der Waals surface area contributed by atoms with Gasteiger partial charge in [0.1, 0.15) is 23.8 Å². The number of aromatic nitrogens is 2. The van der Waals surface area contributed by atoms with Gasteiger partial charge in [-0.25, -0.2) is 14.4 Å². The van der Waals surface area contributed by atoms with E-state index in [4.69, 9.17) is 0 Å². The van der Waals surface area contributed by atoms with Crippen molar-refractivity contribution in [1.82, 2.24) is 9.97 Å². The third kappa shape index (κ3) is 4.15. The van der Waals surface area contributed by atoms with Gasteiger partial charge in [-0.05, 0) is 31.0 Å². The van der Waals surface area contributed by atoms with Crippen LogP contribution in [0, 0.1) is 5.82 Å². The van der Waals surface area contributed by atoms with Crippen LogP contribution in [-0.4, -0.2) is 16.5 Å². The van der Waals surface area contributed by atoms with E-state index in [1.807, 2.05) is 13.0 Å². The molecular formula is C16H21FN4. The highest BCUT2D eigenvalue weighted by molar-refractivity contribution is 5.57. The fourth-order valence-corrected chi connectivity index (χ4v) is 2.20. The molecule has 0 aliphatic heterocycles. The van der Waals surface area contributed by atoms with E-state index in [1.54, 1.807) is 12.4 Å². The molecule has 0 spiro atoms. The van der Waals surface area contributed by atoms with Crippen molar-refractivity contribution in [3.63, 3.8) is 0 Å². The summed E-state index contributed by atoms with van der Waals surface area (Å²) in [4.78, 5) is 8.62. The van der Waals surface area contributed by atoms with Crippen molar-refractivity contribution in [1.29, 1.82) is 0 Å². The SMILES string of the molecule is CCCc1c(NCC)ncnc1NCc1cccc(F)c1. The number of benzene rings is 1. The first-order chi connectivity index (χ1) is 10.2. The minimum atomic E-state index is -0.223. The van der Waals surface area contributed by atoms with Crippen LogP contribution in [0.2, 0.25) is 0 Å². The molecule has 0 aliphatic rings. The van der Waals surface area contributed by atoms with Gasteiger partial charge in [0.25, 0.3) is 0 Å². The van der Waals surface area contributed by atoms with Crippen molar-refractivity contribution in [3.05, 3.63) is 47.5 Å². The van der Waals surface area contributed by atoms with E-state index >= 15 is 0 Å². The number of hydrogen-bond donors (Lipinski definition) is 2. The maximum Gasteiger partial charge on any atom is 0.134 e. The van der Waals surface area contributed by atoms with Crippen molar-refractivity contribution >= 4 is 11.6 Å². The molecule has 2 rings (SSSR count). The molecule has 1 heterocycles. The molecule has 1 aromatic carbocycles. The fraction of sp³-hybridized carbons (Fsp3) is 0.375. The fourth-order valence-electron chi connectivity index (χ4n) is 2.20. The van der Waals surface area contributed by atoms with Crippen molar-refractivity contribution < 1.29 is 4.39 Å². The lowest BCUT2D eigenvalue weighted by Crippen LogP contribution is -2.10. The predicted octanol–water partition coefficient (Wildman–Crippen LogP) is 3.61. The molecule has 0 amide bonds. The summed E-state index contributed by atoms with van der Waals surface area (Å²) in [6, 6.07) is 6.57. The first-order valence-corrected chi connectivity index (χ1v) is 7.30. The Balaban J connectivity index is 2.16. The Hall–Kier alpha value is -2.17. The largest absolute Gasteiger partial charge is 0.370 e. The third-order valence-corrected chi connectivity index (χ3v) is 3.14. The topological polar surface area (TPSA) is 49.8 Å². The van der Waals surface area contributed by atoms with Gasteiger partial charge in [-0.3, -0.25) is 0 Å². The Morgan fingerprint density at radius 3 is 2.52 bits per heavy atom. The Kier molecular flexibility index (Phi) is 5.49. The van der Waals surface area contributed by atoms with Crippen LogP contribution in [0.25, 0.3) is 0 Å². The average molecular weight is 288 g/mol. The van der Waals surface area contributed by atoms with Gasteiger partial charge >= 0.3 is 0 Å². The van der Waals surface area contributed by atoms with Crippen LogP contribution >= 0.6 is 0 Å². The summed E-state index contributed by atoms with van der Waals surface area (Å²) in [5, 5.41) is 6.54. The predicted molar refractivity (Wildman–Crippen MR) is 83.9 cm³/mol. The number of nitrogens with zero attached hydrogens (tertiary/aromatic N) is 2. The summed E-state index contributed by atoms with van der Waals surface area (Å²) in [7, 11) is 0. The zero-order valence-corrected chi connectivity index (χ0v) is 12.5. The number of rotatable bonds is 7. The second-order valence-corrected chi connectivity index (χ2v) is 4.81. The minimum Gasteiger partial charge on any atom is -0.370 e. The lowest BCUT2D eigenvalue weighted by Gasteiger charge is -2.14. The lowest BCUT2D eigenvalue weighted by molar-refractivity contribution is 0.626. The summed E-state index contributed by atoms with van der Waals surface area (Å²) < 4.78 is 13.2. The second kappa shape index (κ2) is 7.57. The summed E-state index contributed by atoms with van der Waals surface area (Å²) in [6.07, 6.45) is 3.46. The van der Waals surface area contributed by atoms with Crippen LogP contribution < -0.4 is 10.6 Å². The second-order valence-electron chi connectivity index (χ2n) is 4.81. The first kappa shape index (κ1) is 15.2. The Bertz CT molecular complexity index is 586. The van der Waals surface area contributed by atoms with Gasteiger partial charge in [-0.1, -0.05) is 25.5 Å². The van der Waals surface area contributed by atoms with Crippen molar-refractivity contribution in [2.24, 2.45) is 0 Å². The Labute approximate surface area is 124 Å². The summed E-state index contributed by atoms with van der Waals surface area (Å²) in [5.74, 6) is 1.46. The molecule has 5 heteroatoms. The molecule has 0 bridgehead atoms. The molecule has 21 heavy (non-hydrogen) atoms. The van der Waals surface area contributed by atoms with E-state index in [1.165, 1.54) is 12.1 Å². The number of anilines is 2. The highest BCUT2D eigenvalue weighted by atomic mass is 19.1. The molecule has 2 aromatic rings. The molecule has 4 nitrogen and oxygen atoms in total. The number of halogens is 1. The van der Waals surface area contributed by atoms with Crippen molar-refractivity contribution in [2.45, 2.75) is 33.2 Å². The van der Waals surface area contributed by atoms with Crippen LogP contribution in [-0.2, 0) is 13.0 Å². The van der Waals surface area contributed by atoms with Crippen LogP contribution in [0.15, 0.2) is 30.6 Å². The average Bonchev–Trinajstić information content (AvgIpc) is 2.48. The zero-order chi connectivity index (χ0) is 15.1. The lowest BCUT2D eigenvalue weighted by atomic mass is 10.1. The summed E-state index contributed by atoms with van der Waals surface area (Å²) in [6.45, 7) is 5.52. The van der Waals surface area contributed by atoms with E-state index in [-0.39, 0.29) is 5.82 Å². The van der Waals surface area contributed by atoms with E-state index in [0.717, 1.165) is 42.1 Å². The van der Waals surface area contributed by atoms with Gasteiger partial charge in [0, 0.05) is 18.7 Å². The molecule has 0 saturated carbocycles. The monoisotopic (exact) mass is 288 g/mol. The van der Waals surface area contributed by atoms with E-state index < -0.39 is 0 Å². The number of hydrogen-bond acceptors (Lipinski definition) is 4. The minimum absolute atomic E-state index is 0.223. The van der Waals surface area contributed by atoms with Gasteiger partial charge in [-0.15, -0.1) is 0 Å². The summed E-state index contributed by atoms with van der Waals surface area (Å²) in [5.41, 5.74) is 1.97. The van der Waals surface area contributed by atoms with Gasteiger partial charge < -0.3 is 10.6 Å². The van der Waals surface area contributed by atoms with Crippen LogP contribution in [0.3, 0.4) is 0 Å². The Morgan fingerprint density at radius 1 is 1.10 bits per heavy atom. The molecule has 0 atom stereocenters. The van der Waals surface area contributed by atoms with Gasteiger partial charge in [0.15, 0.2) is 0 Å².